The van der Waals surface area contributed by atoms with Gasteiger partial charge >= 0.3 is 0 Å². The molecule has 0 aliphatic rings. The first kappa shape index (κ1) is 19.4. The van der Waals surface area contributed by atoms with E-state index in [1.54, 1.807) is 6.07 Å². The molecule has 0 atom stereocenters. The van der Waals surface area contributed by atoms with Crippen molar-refractivity contribution in [2.45, 2.75) is 9.92 Å². The van der Waals surface area contributed by atoms with E-state index in [4.69, 9.17) is 11.6 Å². The highest BCUT2D eigenvalue weighted by molar-refractivity contribution is 7.91. The standard InChI is InChI=1S/C21H11ClF3NO2S/c22-17-10-13(6-8-19(17)25)29(27,28)21-11-16(14-3-1-2-4-18(14)24)15-7-5-12(23)9-20(15)26-21/h1-11H. The average molecular weight is 434 g/mol. The van der Waals surface area contributed by atoms with Crippen LogP contribution in [0, 0.1) is 17.5 Å². The maximum atomic E-state index is 14.4. The molecular weight excluding hydrogens is 423 g/mol. The zero-order chi connectivity index (χ0) is 20.8. The van der Waals surface area contributed by atoms with Gasteiger partial charge in [0.25, 0.3) is 0 Å². The molecule has 29 heavy (non-hydrogen) atoms. The Morgan fingerprint density at radius 3 is 2.28 bits per heavy atom. The number of hydrogen-bond acceptors (Lipinski definition) is 3. The molecule has 8 heteroatoms. The predicted molar refractivity (Wildman–Crippen MR) is 104 cm³/mol. The number of halogens is 4. The first-order chi connectivity index (χ1) is 13.8. The lowest BCUT2D eigenvalue weighted by atomic mass is 10.0. The molecule has 0 saturated heterocycles. The van der Waals surface area contributed by atoms with Crippen LogP contribution in [0.15, 0.2) is 76.7 Å². The highest BCUT2D eigenvalue weighted by Gasteiger charge is 2.23. The van der Waals surface area contributed by atoms with Gasteiger partial charge in [-0.15, -0.1) is 0 Å². The van der Waals surface area contributed by atoms with Gasteiger partial charge in [0.1, 0.15) is 17.5 Å². The zero-order valence-electron chi connectivity index (χ0n) is 14.5. The van der Waals surface area contributed by atoms with E-state index in [-0.39, 0.29) is 26.6 Å². The molecule has 4 rings (SSSR count). The van der Waals surface area contributed by atoms with E-state index in [1.165, 1.54) is 36.4 Å². The molecule has 0 bridgehead atoms. The number of hydrogen-bond donors (Lipinski definition) is 0. The largest absolute Gasteiger partial charge is 0.236 e. The first-order valence-electron chi connectivity index (χ1n) is 8.33. The highest BCUT2D eigenvalue weighted by Crippen LogP contribution is 2.34. The summed E-state index contributed by atoms with van der Waals surface area (Å²) in [6, 6.07) is 13.6. The summed E-state index contributed by atoms with van der Waals surface area (Å²) in [6.45, 7) is 0. The van der Waals surface area contributed by atoms with Crippen LogP contribution in [0.4, 0.5) is 13.2 Å². The Labute approximate surface area is 169 Å². The van der Waals surface area contributed by atoms with Crippen molar-refractivity contribution in [2.75, 3.05) is 0 Å². The quantitative estimate of drug-likeness (QED) is 0.383. The number of nitrogens with zero attached hydrogens (tertiary/aromatic N) is 1. The molecule has 0 aliphatic carbocycles. The maximum absolute atomic E-state index is 14.4. The van der Waals surface area contributed by atoms with Crippen LogP contribution in [0.3, 0.4) is 0 Å². The van der Waals surface area contributed by atoms with E-state index in [1.807, 2.05) is 0 Å². The van der Waals surface area contributed by atoms with Gasteiger partial charge in [-0.05, 0) is 48.0 Å². The molecule has 0 radical (unpaired) electrons. The average Bonchev–Trinajstić information content (AvgIpc) is 2.69. The predicted octanol–water partition coefficient (Wildman–Crippen LogP) is 5.81. The van der Waals surface area contributed by atoms with Gasteiger partial charge in [0.2, 0.25) is 9.84 Å². The van der Waals surface area contributed by atoms with Gasteiger partial charge in [-0.25, -0.2) is 26.6 Å². The minimum atomic E-state index is -4.23. The number of rotatable bonds is 3. The van der Waals surface area contributed by atoms with Crippen molar-refractivity contribution >= 4 is 32.3 Å². The zero-order valence-corrected chi connectivity index (χ0v) is 16.1. The second-order valence-corrected chi connectivity index (χ2v) is 8.53. The summed E-state index contributed by atoms with van der Waals surface area (Å²) in [5.41, 5.74) is 0.414. The van der Waals surface area contributed by atoms with Gasteiger partial charge in [-0.1, -0.05) is 29.8 Å². The molecule has 3 aromatic carbocycles. The molecule has 0 N–H and O–H groups in total. The van der Waals surface area contributed by atoms with Crippen molar-refractivity contribution in [3.8, 4) is 11.1 Å². The Hall–Kier alpha value is -2.90. The summed E-state index contributed by atoms with van der Waals surface area (Å²) in [5.74, 6) is -1.97. The molecular formula is C21H11ClF3NO2S. The third-order valence-electron chi connectivity index (χ3n) is 4.39. The molecule has 0 amide bonds. The molecule has 1 heterocycles. The van der Waals surface area contributed by atoms with Crippen LogP contribution in [0.25, 0.3) is 22.0 Å². The fraction of sp³-hybridized carbons (Fsp3) is 0. The molecule has 1 aromatic heterocycles. The van der Waals surface area contributed by atoms with Gasteiger partial charge in [0.05, 0.1) is 15.4 Å². The molecule has 0 unspecified atom stereocenters. The number of benzene rings is 3. The smallest absolute Gasteiger partial charge is 0.223 e. The number of fused-ring (bicyclic) bond motifs is 1. The minimum Gasteiger partial charge on any atom is -0.236 e. The first-order valence-corrected chi connectivity index (χ1v) is 10.2. The molecule has 0 aliphatic heterocycles. The maximum Gasteiger partial charge on any atom is 0.223 e. The van der Waals surface area contributed by atoms with E-state index >= 15 is 0 Å². The van der Waals surface area contributed by atoms with Crippen molar-refractivity contribution in [1.29, 1.82) is 0 Å². The van der Waals surface area contributed by atoms with Crippen molar-refractivity contribution in [3.63, 3.8) is 0 Å². The Morgan fingerprint density at radius 2 is 1.55 bits per heavy atom. The number of pyridine rings is 1. The van der Waals surface area contributed by atoms with E-state index < -0.39 is 32.3 Å². The van der Waals surface area contributed by atoms with Gasteiger partial charge in [-0.3, -0.25) is 0 Å². The Morgan fingerprint density at radius 1 is 0.793 bits per heavy atom. The second kappa shape index (κ2) is 7.17. The SMILES string of the molecule is O=S(=O)(c1ccc(F)c(Cl)c1)c1cc(-c2ccccc2F)c2ccc(F)cc2n1. The van der Waals surface area contributed by atoms with Gasteiger partial charge < -0.3 is 0 Å². The van der Waals surface area contributed by atoms with E-state index in [9.17, 15) is 21.6 Å². The van der Waals surface area contributed by atoms with Crippen LogP contribution in [0.1, 0.15) is 0 Å². The number of sulfone groups is 1. The summed E-state index contributed by atoms with van der Waals surface area (Å²) in [7, 11) is -4.23. The molecule has 0 saturated carbocycles. The van der Waals surface area contributed by atoms with Gasteiger partial charge in [0, 0.05) is 17.0 Å². The summed E-state index contributed by atoms with van der Waals surface area (Å²) in [4.78, 5) is 3.78. The summed E-state index contributed by atoms with van der Waals surface area (Å²) in [6.07, 6.45) is 0. The Bertz CT molecular complexity index is 1370. The topological polar surface area (TPSA) is 47.0 Å². The summed E-state index contributed by atoms with van der Waals surface area (Å²) >= 11 is 5.71. The lowest BCUT2D eigenvalue weighted by Gasteiger charge is -2.12. The van der Waals surface area contributed by atoms with E-state index in [2.05, 4.69) is 4.98 Å². The van der Waals surface area contributed by atoms with Crippen molar-refractivity contribution in [1.82, 2.24) is 4.98 Å². The van der Waals surface area contributed by atoms with Crippen LogP contribution >= 0.6 is 11.6 Å². The molecule has 3 nitrogen and oxygen atoms in total. The van der Waals surface area contributed by atoms with Crippen LogP contribution in [-0.4, -0.2) is 13.4 Å². The van der Waals surface area contributed by atoms with Gasteiger partial charge in [-0.2, -0.15) is 0 Å². The lowest BCUT2D eigenvalue weighted by Crippen LogP contribution is -2.06. The Balaban J connectivity index is 2.03. The fourth-order valence-electron chi connectivity index (χ4n) is 2.98. The van der Waals surface area contributed by atoms with E-state index in [0.717, 1.165) is 24.3 Å². The third-order valence-corrected chi connectivity index (χ3v) is 6.31. The second-order valence-electron chi connectivity index (χ2n) is 6.23. The molecule has 4 aromatic rings. The molecule has 0 spiro atoms. The van der Waals surface area contributed by atoms with Crippen LogP contribution in [0.5, 0.6) is 0 Å². The molecule has 146 valence electrons. The summed E-state index contributed by atoms with van der Waals surface area (Å²) < 4.78 is 67.8. The van der Waals surface area contributed by atoms with Crippen molar-refractivity contribution in [3.05, 3.63) is 89.2 Å². The fourth-order valence-corrected chi connectivity index (χ4v) is 4.48. The minimum absolute atomic E-state index is 0.0394. The van der Waals surface area contributed by atoms with Crippen LogP contribution < -0.4 is 0 Å². The number of aromatic nitrogens is 1. The third kappa shape index (κ3) is 3.47. The monoisotopic (exact) mass is 433 g/mol. The van der Waals surface area contributed by atoms with Crippen molar-refractivity contribution < 1.29 is 21.6 Å². The summed E-state index contributed by atoms with van der Waals surface area (Å²) in [5, 5.41) is -0.420. The van der Waals surface area contributed by atoms with Gasteiger partial charge in [0.15, 0.2) is 5.03 Å². The highest BCUT2D eigenvalue weighted by atomic mass is 35.5. The van der Waals surface area contributed by atoms with Crippen molar-refractivity contribution in [2.24, 2.45) is 0 Å². The lowest BCUT2D eigenvalue weighted by molar-refractivity contribution is 0.591. The van der Waals surface area contributed by atoms with Crippen LogP contribution in [0.2, 0.25) is 5.02 Å². The normalized spacial score (nSPS) is 11.7. The Kier molecular flexibility index (Phi) is 4.80. The molecule has 0 fully saturated rings. The van der Waals surface area contributed by atoms with Crippen LogP contribution in [-0.2, 0) is 9.84 Å². The van der Waals surface area contributed by atoms with E-state index in [0.29, 0.717) is 5.39 Å².